The topological polar surface area (TPSA) is 34.2 Å². The first-order valence-electron chi connectivity index (χ1n) is 5.97. The molecule has 3 heteroatoms. The average Bonchev–Trinajstić information content (AvgIpc) is 2.32. The molecule has 0 aliphatic heterocycles. The van der Waals surface area contributed by atoms with Crippen LogP contribution < -0.4 is 5.32 Å². The fraction of sp³-hybridized carbons (Fsp3) is 0.615. The highest BCUT2D eigenvalue weighted by atomic mass is 16.5. The van der Waals surface area contributed by atoms with Gasteiger partial charge in [0.05, 0.1) is 6.10 Å². The van der Waals surface area contributed by atoms with E-state index in [9.17, 15) is 0 Å². The number of hydrogen-bond donors (Lipinski definition) is 1. The summed E-state index contributed by atoms with van der Waals surface area (Å²) in [6.45, 7) is 5.22. The van der Waals surface area contributed by atoms with Crippen LogP contribution >= 0.6 is 0 Å². The van der Waals surface area contributed by atoms with Gasteiger partial charge in [0, 0.05) is 31.5 Å². The van der Waals surface area contributed by atoms with Crippen LogP contribution in [-0.2, 0) is 11.2 Å². The van der Waals surface area contributed by atoms with Crippen molar-refractivity contribution in [3.63, 3.8) is 0 Å². The second kappa shape index (κ2) is 7.36. The molecule has 2 unspecified atom stereocenters. The number of aromatic nitrogens is 1. The van der Waals surface area contributed by atoms with E-state index in [-0.39, 0.29) is 6.10 Å². The summed E-state index contributed by atoms with van der Waals surface area (Å²) in [5, 5.41) is 3.47. The zero-order valence-corrected chi connectivity index (χ0v) is 10.4. The van der Waals surface area contributed by atoms with Crippen LogP contribution in [0.1, 0.15) is 26.0 Å². The Hall–Kier alpha value is -0.930. The van der Waals surface area contributed by atoms with E-state index in [0.717, 1.165) is 25.1 Å². The molecule has 0 aromatic carbocycles. The second-order valence-electron chi connectivity index (χ2n) is 3.87. The predicted molar refractivity (Wildman–Crippen MR) is 66.5 cm³/mol. The Morgan fingerprint density at radius 3 is 2.69 bits per heavy atom. The first kappa shape index (κ1) is 13.1. The minimum absolute atomic E-state index is 0.252. The predicted octanol–water partition coefficient (Wildman–Crippen LogP) is 2.03. The van der Waals surface area contributed by atoms with Crippen molar-refractivity contribution in [2.45, 2.75) is 38.8 Å². The molecule has 0 aliphatic rings. The molecule has 1 N–H and O–H groups in total. The molecule has 0 aliphatic carbocycles. The van der Waals surface area contributed by atoms with Crippen LogP contribution in [0.2, 0.25) is 0 Å². The number of methoxy groups -OCH3 is 1. The average molecular weight is 222 g/mol. The van der Waals surface area contributed by atoms with Crippen LogP contribution in [0.15, 0.2) is 24.4 Å². The highest BCUT2D eigenvalue weighted by Gasteiger charge is 2.19. The molecule has 1 rings (SSSR count). The lowest BCUT2D eigenvalue weighted by Crippen LogP contribution is -2.42. The molecular weight excluding hydrogens is 200 g/mol. The van der Waals surface area contributed by atoms with Gasteiger partial charge in [-0.15, -0.1) is 0 Å². The molecule has 90 valence electrons. The Kier molecular flexibility index (Phi) is 6.04. The van der Waals surface area contributed by atoms with Crippen LogP contribution in [0.3, 0.4) is 0 Å². The van der Waals surface area contributed by atoms with E-state index in [1.807, 2.05) is 18.3 Å². The van der Waals surface area contributed by atoms with E-state index >= 15 is 0 Å². The third kappa shape index (κ3) is 3.91. The maximum absolute atomic E-state index is 5.50. The number of likely N-dealkylation sites (N-methyl/N-ethyl adjacent to an activating group) is 1. The number of pyridine rings is 1. The van der Waals surface area contributed by atoms with Crippen molar-refractivity contribution in [3.8, 4) is 0 Å². The third-order valence-corrected chi connectivity index (χ3v) is 2.78. The molecule has 16 heavy (non-hydrogen) atoms. The van der Waals surface area contributed by atoms with Crippen molar-refractivity contribution in [3.05, 3.63) is 30.1 Å². The maximum Gasteiger partial charge on any atom is 0.0725 e. The van der Waals surface area contributed by atoms with Crippen molar-refractivity contribution in [1.82, 2.24) is 10.3 Å². The van der Waals surface area contributed by atoms with Crippen molar-refractivity contribution < 1.29 is 4.74 Å². The first-order chi connectivity index (χ1) is 7.81. The van der Waals surface area contributed by atoms with E-state index < -0.39 is 0 Å². The summed E-state index contributed by atoms with van der Waals surface area (Å²) in [5.41, 5.74) is 1.11. The summed E-state index contributed by atoms with van der Waals surface area (Å²) in [6, 6.07) is 6.38. The van der Waals surface area contributed by atoms with Crippen molar-refractivity contribution in [2.75, 3.05) is 13.7 Å². The monoisotopic (exact) mass is 222 g/mol. The van der Waals surface area contributed by atoms with Gasteiger partial charge in [-0.3, -0.25) is 4.98 Å². The first-order valence-corrected chi connectivity index (χ1v) is 5.97. The maximum atomic E-state index is 5.50. The quantitative estimate of drug-likeness (QED) is 0.766. The molecule has 0 bridgehead atoms. The van der Waals surface area contributed by atoms with Gasteiger partial charge in [-0.05, 0) is 25.1 Å². The lowest BCUT2D eigenvalue weighted by Gasteiger charge is -2.25. The third-order valence-electron chi connectivity index (χ3n) is 2.78. The SMILES string of the molecule is CCNC(Cc1ccccn1)C(CC)OC. The molecule has 0 saturated heterocycles. The summed E-state index contributed by atoms with van der Waals surface area (Å²) in [7, 11) is 1.77. The molecule has 1 heterocycles. The number of rotatable bonds is 7. The van der Waals surface area contributed by atoms with Gasteiger partial charge in [-0.25, -0.2) is 0 Å². The number of nitrogens with one attached hydrogen (secondary N) is 1. The fourth-order valence-electron chi connectivity index (χ4n) is 1.96. The van der Waals surface area contributed by atoms with Crippen LogP contribution in [0.5, 0.6) is 0 Å². The van der Waals surface area contributed by atoms with E-state index in [4.69, 9.17) is 4.74 Å². The number of ether oxygens (including phenoxy) is 1. The van der Waals surface area contributed by atoms with Gasteiger partial charge in [0.15, 0.2) is 0 Å². The molecule has 0 saturated carbocycles. The zero-order valence-electron chi connectivity index (χ0n) is 10.4. The summed E-state index contributed by atoms with van der Waals surface area (Å²) in [4.78, 5) is 4.36. The lowest BCUT2D eigenvalue weighted by molar-refractivity contribution is 0.0655. The summed E-state index contributed by atoms with van der Waals surface area (Å²) in [6.07, 6.45) is 4.02. The van der Waals surface area contributed by atoms with Gasteiger partial charge < -0.3 is 10.1 Å². The largest absolute Gasteiger partial charge is 0.380 e. The highest BCUT2D eigenvalue weighted by Crippen LogP contribution is 2.09. The molecule has 1 aromatic heterocycles. The van der Waals surface area contributed by atoms with E-state index in [0.29, 0.717) is 6.04 Å². The molecule has 3 nitrogen and oxygen atoms in total. The normalized spacial score (nSPS) is 14.7. The smallest absolute Gasteiger partial charge is 0.0725 e. The van der Waals surface area contributed by atoms with Gasteiger partial charge in [0.1, 0.15) is 0 Å². The molecule has 2 atom stereocenters. The summed E-state index contributed by atoms with van der Waals surface area (Å²) < 4.78 is 5.50. The van der Waals surface area contributed by atoms with Crippen LogP contribution in [0.4, 0.5) is 0 Å². The Balaban J connectivity index is 2.63. The molecule has 0 fully saturated rings. The van der Waals surface area contributed by atoms with Crippen LogP contribution in [0, 0.1) is 0 Å². The van der Waals surface area contributed by atoms with E-state index in [2.05, 4.69) is 30.2 Å². The van der Waals surface area contributed by atoms with E-state index in [1.165, 1.54) is 0 Å². The Labute approximate surface area is 98.2 Å². The molecule has 0 radical (unpaired) electrons. The van der Waals surface area contributed by atoms with Gasteiger partial charge in [-0.1, -0.05) is 19.9 Å². The Morgan fingerprint density at radius 1 is 1.38 bits per heavy atom. The zero-order chi connectivity index (χ0) is 11.8. The minimum atomic E-state index is 0.252. The molecule has 1 aromatic rings. The highest BCUT2D eigenvalue weighted by molar-refractivity contribution is 5.06. The van der Waals surface area contributed by atoms with Crippen LogP contribution in [0.25, 0.3) is 0 Å². The van der Waals surface area contributed by atoms with Gasteiger partial charge in [-0.2, -0.15) is 0 Å². The summed E-state index contributed by atoms with van der Waals surface area (Å²) in [5.74, 6) is 0. The van der Waals surface area contributed by atoms with Crippen LogP contribution in [-0.4, -0.2) is 30.8 Å². The Morgan fingerprint density at radius 2 is 2.19 bits per heavy atom. The van der Waals surface area contributed by atoms with Gasteiger partial charge in [0.2, 0.25) is 0 Å². The van der Waals surface area contributed by atoms with Gasteiger partial charge >= 0.3 is 0 Å². The summed E-state index contributed by atoms with van der Waals surface area (Å²) >= 11 is 0. The second-order valence-corrected chi connectivity index (χ2v) is 3.87. The molecule has 0 amide bonds. The lowest BCUT2D eigenvalue weighted by atomic mass is 10.0. The fourth-order valence-corrected chi connectivity index (χ4v) is 1.96. The molecule has 0 spiro atoms. The van der Waals surface area contributed by atoms with E-state index in [1.54, 1.807) is 7.11 Å². The van der Waals surface area contributed by atoms with Crippen molar-refractivity contribution in [1.29, 1.82) is 0 Å². The van der Waals surface area contributed by atoms with Crippen molar-refractivity contribution in [2.24, 2.45) is 0 Å². The Bertz CT molecular complexity index is 273. The number of hydrogen-bond acceptors (Lipinski definition) is 3. The molecular formula is C13H22N2O. The standard InChI is InChI=1S/C13H22N2O/c1-4-13(16-3)12(14-5-2)10-11-8-6-7-9-15-11/h6-9,12-14H,4-5,10H2,1-3H3. The van der Waals surface area contributed by atoms with Crippen molar-refractivity contribution >= 4 is 0 Å². The minimum Gasteiger partial charge on any atom is -0.380 e. The number of nitrogens with zero attached hydrogens (tertiary/aromatic N) is 1. The van der Waals surface area contributed by atoms with Gasteiger partial charge in [0.25, 0.3) is 0 Å².